The van der Waals surface area contributed by atoms with Gasteiger partial charge in [-0.15, -0.1) is 0 Å². The molecule has 8 nitrogen and oxygen atoms in total. The summed E-state index contributed by atoms with van der Waals surface area (Å²) in [7, 11) is 0. The highest BCUT2D eigenvalue weighted by atomic mass is 16.5. The molecule has 8 heteroatoms. The molecule has 2 aliphatic heterocycles. The SMILES string of the molecule is C[C@H]1C(=O)Nc2ccc(C(=O)COC(=O)[C@H](C)N3C(=O)[C@H]4CC=CC[C@H]4C3=O)cc21. The zero-order chi connectivity index (χ0) is 21.6. The average molecular weight is 410 g/mol. The Bertz CT molecular complexity index is 971. The van der Waals surface area contributed by atoms with E-state index in [1.807, 2.05) is 12.2 Å². The molecule has 0 aromatic heterocycles. The Hall–Kier alpha value is -3.29. The lowest BCUT2D eigenvalue weighted by atomic mass is 9.85. The van der Waals surface area contributed by atoms with Crippen molar-refractivity contribution in [1.82, 2.24) is 4.90 Å². The molecule has 0 radical (unpaired) electrons. The summed E-state index contributed by atoms with van der Waals surface area (Å²) in [6, 6.07) is 3.72. The number of hydrogen-bond donors (Lipinski definition) is 1. The number of ketones is 1. The normalized spacial score (nSPS) is 25.6. The molecule has 30 heavy (non-hydrogen) atoms. The molecule has 1 fully saturated rings. The van der Waals surface area contributed by atoms with E-state index in [0.29, 0.717) is 24.1 Å². The van der Waals surface area contributed by atoms with Crippen LogP contribution in [0.5, 0.6) is 0 Å². The zero-order valence-electron chi connectivity index (χ0n) is 16.7. The van der Waals surface area contributed by atoms with Crippen LogP contribution in [0.25, 0.3) is 0 Å². The van der Waals surface area contributed by atoms with Crippen LogP contribution in [-0.4, -0.2) is 47.0 Å². The van der Waals surface area contributed by atoms with E-state index < -0.39 is 36.2 Å². The first-order chi connectivity index (χ1) is 14.3. The number of rotatable bonds is 5. The lowest BCUT2D eigenvalue weighted by Crippen LogP contribution is -2.44. The molecule has 156 valence electrons. The van der Waals surface area contributed by atoms with Gasteiger partial charge in [-0.3, -0.25) is 24.1 Å². The van der Waals surface area contributed by atoms with E-state index in [9.17, 15) is 24.0 Å². The van der Waals surface area contributed by atoms with Gasteiger partial charge in [0.1, 0.15) is 6.04 Å². The zero-order valence-corrected chi connectivity index (χ0v) is 16.7. The van der Waals surface area contributed by atoms with Crippen LogP contribution in [0.15, 0.2) is 30.4 Å². The Balaban J connectivity index is 1.39. The largest absolute Gasteiger partial charge is 0.456 e. The summed E-state index contributed by atoms with van der Waals surface area (Å²) in [5, 5.41) is 2.73. The number of amides is 3. The molecular weight excluding hydrogens is 388 g/mol. The molecule has 1 aromatic carbocycles. The fraction of sp³-hybridized carbons (Fsp3) is 0.409. The molecule has 0 unspecified atom stereocenters. The van der Waals surface area contributed by atoms with Crippen molar-refractivity contribution in [1.29, 1.82) is 0 Å². The standard InChI is InChI=1S/C22H22N2O6/c1-11-16-9-13(7-8-17(16)23-19(11)26)18(25)10-30-22(29)12(2)24-20(27)14-5-3-4-6-15(14)21(24)28/h3-4,7-9,11-12,14-15H,5-6,10H2,1-2H3,(H,23,26)/t11-,12+,14-,15+/m1/s1. The first kappa shape index (κ1) is 20.0. The first-order valence-corrected chi connectivity index (χ1v) is 9.96. The molecule has 0 saturated carbocycles. The number of ether oxygens (including phenoxy) is 1. The van der Waals surface area contributed by atoms with Crippen molar-refractivity contribution in [2.24, 2.45) is 11.8 Å². The predicted octanol–water partition coefficient (Wildman–Crippen LogP) is 1.81. The summed E-state index contributed by atoms with van der Waals surface area (Å²) in [4.78, 5) is 62.8. The van der Waals surface area contributed by atoms with E-state index >= 15 is 0 Å². The molecule has 3 aliphatic rings. The van der Waals surface area contributed by atoms with E-state index in [1.165, 1.54) is 6.92 Å². The highest BCUT2D eigenvalue weighted by Crippen LogP contribution is 2.36. The summed E-state index contributed by atoms with van der Waals surface area (Å²) < 4.78 is 5.12. The summed E-state index contributed by atoms with van der Waals surface area (Å²) in [5.74, 6) is -3.31. The molecule has 0 bridgehead atoms. The highest BCUT2D eigenvalue weighted by molar-refractivity contribution is 6.08. The second-order valence-electron chi connectivity index (χ2n) is 7.92. The van der Waals surface area contributed by atoms with Gasteiger partial charge in [-0.2, -0.15) is 0 Å². The molecule has 4 atom stereocenters. The lowest BCUT2D eigenvalue weighted by molar-refractivity contribution is -0.157. The van der Waals surface area contributed by atoms with E-state index in [4.69, 9.17) is 4.74 Å². The molecule has 1 aliphatic carbocycles. The number of benzene rings is 1. The van der Waals surface area contributed by atoms with Crippen LogP contribution >= 0.6 is 0 Å². The number of anilines is 1. The molecule has 3 amide bonds. The molecule has 1 N–H and O–H groups in total. The van der Waals surface area contributed by atoms with E-state index in [1.54, 1.807) is 25.1 Å². The van der Waals surface area contributed by atoms with Crippen molar-refractivity contribution in [3.63, 3.8) is 0 Å². The van der Waals surface area contributed by atoms with Crippen LogP contribution in [0.4, 0.5) is 5.69 Å². The second kappa shape index (κ2) is 7.51. The maximum atomic E-state index is 12.6. The van der Waals surface area contributed by atoms with Gasteiger partial charge in [0.05, 0.1) is 17.8 Å². The molecule has 1 aromatic rings. The van der Waals surface area contributed by atoms with Gasteiger partial charge >= 0.3 is 5.97 Å². The average Bonchev–Trinajstić information content (AvgIpc) is 3.18. The Morgan fingerprint density at radius 1 is 1.13 bits per heavy atom. The molecule has 1 saturated heterocycles. The van der Waals surface area contributed by atoms with Crippen LogP contribution in [0.3, 0.4) is 0 Å². The van der Waals surface area contributed by atoms with E-state index in [0.717, 1.165) is 10.5 Å². The Kier molecular flexibility index (Phi) is 5.01. The number of Topliss-reactive ketones (excluding diaryl/α,β-unsaturated/α-hetero) is 1. The lowest BCUT2D eigenvalue weighted by Gasteiger charge is -2.21. The minimum atomic E-state index is -1.09. The molecule has 4 rings (SSSR count). The predicted molar refractivity (Wildman–Crippen MR) is 105 cm³/mol. The quantitative estimate of drug-likeness (QED) is 0.343. The molecule has 2 heterocycles. The van der Waals surface area contributed by atoms with Gasteiger partial charge in [0, 0.05) is 11.3 Å². The third-order valence-corrected chi connectivity index (χ3v) is 6.11. The van der Waals surface area contributed by atoms with Gasteiger partial charge < -0.3 is 10.1 Å². The fourth-order valence-electron chi connectivity index (χ4n) is 4.24. The number of allylic oxidation sites excluding steroid dienone is 2. The number of likely N-dealkylation sites (tertiary alicyclic amines) is 1. The van der Waals surface area contributed by atoms with E-state index in [-0.39, 0.29) is 23.6 Å². The number of fused-ring (bicyclic) bond motifs is 2. The maximum absolute atomic E-state index is 12.6. The third kappa shape index (κ3) is 3.22. The van der Waals surface area contributed by atoms with Gasteiger partial charge in [0.2, 0.25) is 17.7 Å². The van der Waals surface area contributed by atoms with Crippen LogP contribution in [0, 0.1) is 11.8 Å². The van der Waals surface area contributed by atoms with Crippen LogP contribution in [0.2, 0.25) is 0 Å². The number of nitrogens with zero attached hydrogens (tertiary/aromatic N) is 1. The molecule has 0 spiro atoms. The van der Waals surface area contributed by atoms with Gasteiger partial charge in [-0.05, 0) is 50.5 Å². The second-order valence-corrected chi connectivity index (χ2v) is 7.92. The number of esters is 1. The molecular formula is C22H22N2O6. The number of hydrogen-bond acceptors (Lipinski definition) is 6. The van der Waals surface area contributed by atoms with Gasteiger partial charge in [0.25, 0.3) is 0 Å². The van der Waals surface area contributed by atoms with Crippen molar-refractivity contribution >= 4 is 35.2 Å². The van der Waals surface area contributed by atoms with Gasteiger partial charge in [0.15, 0.2) is 12.4 Å². The number of nitrogens with one attached hydrogen (secondary N) is 1. The summed E-state index contributed by atoms with van der Waals surface area (Å²) >= 11 is 0. The van der Waals surface area contributed by atoms with Crippen molar-refractivity contribution in [2.45, 2.75) is 38.6 Å². The summed E-state index contributed by atoms with van der Waals surface area (Å²) in [6.45, 7) is 2.67. The topological polar surface area (TPSA) is 110 Å². The maximum Gasteiger partial charge on any atom is 0.329 e. The van der Waals surface area contributed by atoms with Crippen molar-refractivity contribution in [3.8, 4) is 0 Å². The van der Waals surface area contributed by atoms with Crippen molar-refractivity contribution in [3.05, 3.63) is 41.5 Å². The smallest absolute Gasteiger partial charge is 0.329 e. The fourth-order valence-corrected chi connectivity index (χ4v) is 4.24. The Labute approximate surface area is 173 Å². The van der Waals surface area contributed by atoms with E-state index in [2.05, 4.69) is 5.32 Å². The van der Waals surface area contributed by atoms with Crippen molar-refractivity contribution < 1.29 is 28.7 Å². The van der Waals surface area contributed by atoms with Gasteiger partial charge in [-0.1, -0.05) is 12.2 Å². The summed E-state index contributed by atoms with van der Waals surface area (Å²) in [5.41, 5.74) is 1.70. The first-order valence-electron chi connectivity index (χ1n) is 9.96. The summed E-state index contributed by atoms with van der Waals surface area (Å²) in [6.07, 6.45) is 4.72. The number of carbonyl (C=O) groups excluding carboxylic acids is 5. The Morgan fingerprint density at radius 3 is 2.40 bits per heavy atom. The monoisotopic (exact) mass is 410 g/mol. The van der Waals surface area contributed by atoms with Crippen LogP contribution < -0.4 is 5.32 Å². The minimum absolute atomic E-state index is 0.134. The highest BCUT2D eigenvalue weighted by Gasteiger charge is 2.50. The minimum Gasteiger partial charge on any atom is -0.456 e. The van der Waals surface area contributed by atoms with Crippen molar-refractivity contribution in [2.75, 3.05) is 11.9 Å². The number of imide groups is 1. The van der Waals surface area contributed by atoms with Crippen LogP contribution in [0.1, 0.15) is 48.5 Å². The number of carbonyl (C=O) groups is 5. The van der Waals surface area contributed by atoms with Gasteiger partial charge in [-0.25, -0.2) is 4.79 Å². The van der Waals surface area contributed by atoms with Crippen LogP contribution in [-0.2, 0) is 23.9 Å². The third-order valence-electron chi connectivity index (χ3n) is 6.11. The Morgan fingerprint density at radius 2 is 1.77 bits per heavy atom.